The number of aryl methyl sites for hydroxylation is 1. The lowest BCUT2D eigenvalue weighted by molar-refractivity contribution is 0.0571. The van der Waals surface area contributed by atoms with Gasteiger partial charge in [0.15, 0.2) is 0 Å². The lowest BCUT2D eigenvalue weighted by Gasteiger charge is -2.28. The molecule has 1 saturated heterocycles. The van der Waals surface area contributed by atoms with Crippen LogP contribution in [0.25, 0.3) is 11.0 Å². The first kappa shape index (κ1) is 16.8. The highest BCUT2D eigenvalue weighted by atomic mass is 19.1. The zero-order chi connectivity index (χ0) is 17.1. The molecule has 2 heterocycles. The van der Waals surface area contributed by atoms with Crippen molar-refractivity contribution in [2.45, 2.75) is 39.3 Å². The Bertz CT molecular complexity index is 722. The zero-order valence-electron chi connectivity index (χ0n) is 14.0. The molecule has 2 N–H and O–H groups in total. The largest absolute Gasteiger partial charge is 0.459 e. The molecule has 1 aromatic carbocycles. The highest BCUT2D eigenvalue weighted by Crippen LogP contribution is 2.25. The average molecular weight is 334 g/mol. The van der Waals surface area contributed by atoms with Gasteiger partial charge in [-0.3, -0.25) is 0 Å². The van der Waals surface area contributed by atoms with Crippen LogP contribution in [0, 0.1) is 18.7 Å². The number of furan rings is 1. The number of hydrogen-bond donors (Lipinski definition) is 2. The first-order chi connectivity index (χ1) is 11.5. The fourth-order valence-corrected chi connectivity index (χ4v) is 3.16. The second-order valence-electron chi connectivity index (χ2n) is 6.36. The molecular formula is C18H23FN2O3. The van der Waals surface area contributed by atoms with E-state index in [-0.39, 0.29) is 24.4 Å². The number of ether oxygens (including phenoxy) is 1. The molecule has 1 unspecified atom stereocenters. The van der Waals surface area contributed by atoms with Crippen LogP contribution in [0.1, 0.15) is 31.1 Å². The highest BCUT2D eigenvalue weighted by molar-refractivity contribution is 5.82. The second kappa shape index (κ2) is 7.21. The molecule has 2 amide bonds. The third-order valence-electron chi connectivity index (χ3n) is 4.74. The topological polar surface area (TPSA) is 63.5 Å². The van der Waals surface area contributed by atoms with E-state index in [0.29, 0.717) is 17.3 Å². The third-order valence-corrected chi connectivity index (χ3v) is 4.74. The van der Waals surface area contributed by atoms with E-state index in [0.717, 1.165) is 37.0 Å². The van der Waals surface area contributed by atoms with Crippen molar-refractivity contribution in [3.8, 4) is 0 Å². The Hall–Kier alpha value is -2.08. The normalized spacial score (nSPS) is 17.0. The van der Waals surface area contributed by atoms with Gasteiger partial charge in [-0.25, -0.2) is 9.18 Å². The lowest BCUT2D eigenvalue weighted by atomic mass is 9.93. The Morgan fingerprint density at radius 3 is 2.88 bits per heavy atom. The molecule has 0 radical (unpaired) electrons. The maximum atomic E-state index is 13.3. The minimum absolute atomic E-state index is 0.0970. The third kappa shape index (κ3) is 3.70. The predicted octanol–water partition coefficient (Wildman–Crippen LogP) is 3.49. The number of halogens is 1. The van der Waals surface area contributed by atoms with Gasteiger partial charge in [0.25, 0.3) is 0 Å². The van der Waals surface area contributed by atoms with Crippen LogP contribution in [-0.4, -0.2) is 25.3 Å². The van der Waals surface area contributed by atoms with Gasteiger partial charge < -0.3 is 19.8 Å². The molecule has 1 aromatic heterocycles. The quantitative estimate of drug-likeness (QED) is 0.899. The maximum Gasteiger partial charge on any atom is 0.315 e. The molecule has 24 heavy (non-hydrogen) atoms. The molecule has 0 saturated carbocycles. The number of fused-ring (bicyclic) bond motifs is 1. The number of carbonyl (C=O) groups excluding carboxylic acids is 1. The predicted molar refractivity (Wildman–Crippen MR) is 89.3 cm³/mol. The number of rotatable bonds is 4. The van der Waals surface area contributed by atoms with E-state index in [1.54, 1.807) is 6.07 Å². The van der Waals surface area contributed by atoms with Crippen molar-refractivity contribution in [1.82, 2.24) is 10.6 Å². The van der Waals surface area contributed by atoms with E-state index >= 15 is 0 Å². The average Bonchev–Trinajstić information content (AvgIpc) is 2.89. The van der Waals surface area contributed by atoms with Crippen LogP contribution in [0.5, 0.6) is 0 Å². The van der Waals surface area contributed by atoms with Crippen molar-refractivity contribution in [1.29, 1.82) is 0 Å². The maximum absolute atomic E-state index is 13.3. The van der Waals surface area contributed by atoms with Crippen LogP contribution in [0.4, 0.5) is 9.18 Å². The standard InChI is InChI=1S/C18H23FN2O3/c1-11-15-9-14(19)3-4-16(15)24-17(11)10-20-18(22)21-12(2)13-5-7-23-8-6-13/h3-4,9,12-13H,5-8,10H2,1-2H3,(H2,20,21,22). The van der Waals surface area contributed by atoms with E-state index < -0.39 is 0 Å². The van der Waals surface area contributed by atoms with Crippen molar-refractivity contribution in [2.24, 2.45) is 5.92 Å². The summed E-state index contributed by atoms with van der Waals surface area (Å²) in [5.74, 6) is 0.791. The van der Waals surface area contributed by atoms with Crippen molar-refractivity contribution in [2.75, 3.05) is 13.2 Å². The molecular weight excluding hydrogens is 311 g/mol. The molecule has 1 atom stereocenters. The SMILES string of the molecule is Cc1c(CNC(=O)NC(C)C2CCOCC2)oc2ccc(F)cc12. The summed E-state index contributed by atoms with van der Waals surface area (Å²) in [6.07, 6.45) is 1.94. The van der Waals surface area contributed by atoms with Crippen LogP contribution >= 0.6 is 0 Å². The first-order valence-electron chi connectivity index (χ1n) is 8.34. The summed E-state index contributed by atoms with van der Waals surface area (Å²) in [5, 5.41) is 6.53. The minimum Gasteiger partial charge on any atom is -0.459 e. The molecule has 130 valence electrons. The van der Waals surface area contributed by atoms with Gasteiger partial charge in [0.05, 0.1) is 6.54 Å². The van der Waals surface area contributed by atoms with Crippen molar-refractivity contribution in [3.05, 3.63) is 35.3 Å². The van der Waals surface area contributed by atoms with Crippen LogP contribution in [0.2, 0.25) is 0 Å². The first-order valence-corrected chi connectivity index (χ1v) is 8.34. The van der Waals surface area contributed by atoms with Crippen LogP contribution in [-0.2, 0) is 11.3 Å². The van der Waals surface area contributed by atoms with Gasteiger partial charge in [0.1, 0.15) is 17.2 Å². The summed E-state index contributed by atoms with van der Waals surface area (Å²) in [5.41, 5.74) is 1.48. The molecule has 1 aliphatic rings. The Morgan fingerprint density at radius 2 is 2.12 bits per heavy atom. The zero-order valence-corrected chi connectivity index (χ0v) is 14.0. The van der Waals surface area contributed by atoms with Gasteiger partial charge in [0.2, 0.25) is 0 Å². The van der Waals surface area contributed by atoms with Crippen molar-refractivity contribution in [3.63, 3.8) is 0 Å². The number of amides is 2. The van der Waals surface area contributed by atoms with Crippen molar-refractivity contribution < 1.29 is 18.3 Å². The monoisotopic (exact) mass is 334 g/mol. The van der Waals surface area contributed by atoms with E-state index in [1.165, 1.54) is 12.1 Å². The number of hydrogen-bond acceptors (Lipinski definition) is 3. The van der Waals surface area contributed by atoms with Gasteiger partial charge in [-0.1, -0.05) is 0 Å². The highest BCUT2D eigenvalue weighted by Gasteiger charge is 2.22. The molecule has 3 rings (SSSR count). The Kier molecular flexibility index (Phi) is 5.04. The van der Waals surface area contributed by atoms with Gasteiger partial charge in [-0.2, -0.15) is 0 Å². The minimum atomic E-state index is -0.297. The molecule has 2 aromatic rings. The van der Waals surface area contributed by atoms with Crippen LogP contribution in [0.15, 0.2) is 22.6 Å². The van der Waals surface area contributed by atoms with Crippen LogP contribution in [0.3, 0.4) is 0 Å². The molecule has 6 heteroatoms. The summed E-state index contributed by atoms with van der Waals surface area (Å²) in [6, 6.07) is 4.30. The van der Waals surface area contributed by atoms with E-state index in [4.69, 9.17) is 9.15 Å². The summed E-state index contributed by atoms with van der Waals surface area (Å²) < 4.78 is 24.4. The summed E-state index contributed by atoms with van der Waals surface area (Å²) in [7, 11) is 0. The Morgan fingerprint density at radius 1 is 1.38 bits per heavy atom. The number of carbonyl (C=O) groups is 1. The summed E-state index contributed by atoms with van der Waals surface area (Å²) in [4.78, 5) is 12.1. The van der Waals surface area contributed by atoms with Gasteiger partial charge >= 0.3 is 6.03 Å². The van der Waals surface area contributed by atoms with Gasteiger partial charge in [-0.05, 0) is 50.8 Å². The Labute approximate surface area is 140 Å². The molecule has 0 aliphatic carbocycles. The van der Waals surface area contributed by atoms with Gasteiger partial charge in [-0.15, -0.1) is 0 Å². The Balaban J connectivity index is 1.57. The molecule has 1 aliphatic heterocycles. The molecule has 0 bridgehead atoms. The fourth-order valence-electron chi connectivity index (χ4n) is 3.16. The number of urea groups is 1. The van der Waals surface area contributed by atoms with E-state index in [9.17, 15) is 9.18 Å². The fraction of sp³-hybridized carbons (Fsp3) is 0.500. The number of benzene rings is 1. The van der Waals surface area contributed by atoms with Crippen molar-refractivity contribution >= 4 is 17.0 Å². The lowest BCUT2D eigenvalue weighted by Crippen LogP contribution is -2.45. The van der Waals surface area contributed by atoms with E-state index in [2.05, 4.69) is 10.6 Å². The smallest absolute Gasteiger partial charge is 0.315 e. The van der Waals surface area contributed by atoms with Crippen LogP contribution < -0.4 is 10.6 Å². The summed E-state index contributed by atoms with van der Waals surface area (Å²) in [6.45, 7) is 5.67. The van der Waals surface area contributed by atoms with Gasteiger partial charge in [0, 0.05) is 30.2 Å². The molecule has 5 nitrogen and oxygen atoms in total. The number of nitrogens with one attached hydrogen (secondary N) is 2. The molecule has 1 fully saturated rings. The van der Waals surface area contributed by atoms with E-state index in [1.807, 2.05) is 13.8 Å². The molecule has 0 spiro atoms. The second-order valence-corrected chi connectivity index (χ2v) is 6.36. The summed E-state index contributed by atoms with van der Waals surface area (Å²) >= 11 is 0.